The molecule has 1 aliphatic rings. The number of ether oxygens (including phenoxy) is 1. The van der Waals surface area contributed by atoms with E-state index in [0.29, 0.717) is 6.10 Å². The molecule has 1 N–H and O–H groups in total. The highest BCUT2D eigenvalue weighted by molar-refractivity contribution is 6.31. The Labute approximate surface area is 107 Å². The number of hydrogen-bond donors (Lipinski definition) is 1. The van der Waals surface area contributed by atoms with Crippen LogP contribution in [0, 0.1) is 6.92 Å². The minimum Gasteiger partial charge on any atom is -0.372 e. The maximum atomic E-state index is 5.98. The maximum Gasteiger partial charge on any atom is 0.0814 e. The van der Waals surface area contributed by atoms with Gasteiger partial charge in [0.2, 0.25) is 0 Å². The van der Waals surface area contributed by atoms with E-state index in [1.165, 1.54) is 0 Å². The molecule has 1 aliphatic heterocycles. The quantitative estimate of drug-likeness (QED) is 0.877. The van der Waals surface area contributed by atoms with Gasteiger partial charge >= 0.3 is 0 Å². The number of hydrogen-bond acceptors (Lipinski definition) is 3. The Balaban J connectivity index is 1.81. The van der Waals surface area contributed by atoms with Gasteiger partial charge in [-0.2, -0.15) is 5.10 Å². The lowest BCUT2D eigenvalue weighted by Gasteiger charge is -2.13. The second-order valence-electron chi connectivity index (χ2n) is 4.55. The highest BCUT2D eigenvalue weighted by Crippen LogP contribution is 2.21. The van der Waals surface area contributed by atoms with E-state index in [4.69, 9.17) is 16.3 Å². The van der Waals surface area contributed by atoms with E-state index in [1.807, 2.05) is 17.8 Å². The second kappa shape index (κ2) is 5.85. The Bertz CT molecular complexity index is 347. The number of likely N-dealkylation sites (N-methyl/N-ethyl adjacent to an activating group) is 1. The third-order valence-electron chi connectivity index (χ3n) is 3.09. The fraction of sp³-hybridized carbons (Fsp3) is 0.750. The van der Waals surface area contributed by atoms with Gasteiger partial charge in [-0.1, -0.05) is 18.5 Å². The summed E-state index contributed by atoms with van der Waals surface area (Å²) in [4.78, 5) is 0. The SMILES string of the molecule is CCNCC1CCC(Cn2cc(Cl)c(C)n2)O1. The molecule has 0 aromatic carbocycles. The van der Waals surface area contributed by atoms with E-state index in [2.05, 4.69) is 17.3 Å². The molecule has 0 bridgehead atoms. The van der Waals surface area contributed by atoms with Gasteiger partial charge in [-0.3, -0.25) is 4.68 Å². The maximum absolute atomic E-state index is 5.98. The molecular weight excluding hydrogens is 238 g/mol. The van der Waals surface area contributed by atoms with Crippen LogP contribution in [0.25, 0.3) is 0 Å². The fourth-order valence-electron chi connectivity index (χ4n) is 2.17. The summed E-state index contributed by atoms with van der Waals surface area (Å²) in [5.74, 6) is 0. The molecule has 96 valence electrons. The van der Waals surface area contributed by atoms with Crippen LogP contribution in [0.3, 0.4) is 0 Å². The summed E-state index contributed by atoms with van der Waals surface area (Å²) in [6.45, 7) is 6.78. The zero-order valence-corrected chi connectivity index (χ0v) is 11.2. The minimum absolute atomic E-state index is 0.272. The lowest BCUT2D eigenvalue weighted by Crippen LogP contribution is -2.27. The number of nitrogens with zero attached hydrogens (tertiary/aromatic N) is 2. The standard InChI is InChI=1S/C12H20ClN3O/c1-3-14-6-10-4-5-11(17-10)7-16-8-12(13)9(2)15-16/h8,10-11,14H,3-7H2,1-2H3. The fourth-order valence-corrected chi connectivity index (χ4v) is 2.32. The average molecular weight is 258 g/mol. The van der Waals surface area contributed by atoms with Gasteiger partial charge in [0.25, 0.3) is 0 Å². The van der Waals surface area contributed by atoms with Crippen molar-refractivity contribution in [1.82, 2.24) is 15.1 Å². The molecule has 2 heterocycles. The van der Waals surface area contributed by atoms with Crippen LogP contribution in [-0.2, 0) is 11.3 Å². The van der Waals surface area contributed by atoms with E-state index in [1.54, 1.807) is 0 Å². The van der Waals surface area contributed by atoms with E-state index in [-0.39, 0.29) is 6.10 Å². The average Bonchev–Trinajstić information content (AvgIpc) is 2.85. The van der Waals surface area contributed by atoms with Crippen LogP contribution in [0.15, 0.2) is 6.20 Å². The number of aromatic nitrogens is 2. The molecule has 2 atom stereocenters. The summed E-state index contributed by atoms with van der Waals surface area (Å²) in [5, 5.41) is 8.40. The molecule has 1 saturated heterocycles. The molecule has 0 amide bonds. The molecule has 1 fully saturated rings. The van der Waals surface area contributed by atoms with E-state index >= 15 is 0 Å². The van der Waals surface area contributed by atoms with Crippen LogP contribution in [0.2, 0.25) is 5.02 Å². The van der Waals surface area contributed by atoms with Crippen LogP contribution in [-0.4, -0.2) is 35.1 Å². The summed E-state index contributed by atoms with van der Waals surface area (Å²) < 4.78 is 7.84. The van der Waals surface area contributed by atoms with Crippen molar-refractivity contribution in [2.75, 3.05) is 13.1 Å². The van der Waals surface area contributed by atoms with E-state index in [0.717, 1.165) is 43.2 Å². The molecule has 0 aliphatic carbocycles. The summed E-state index contributed by atoms with van der Waals surface area (Å²) in [6.07, 6.45) is 4.73. The Hall–Kier alpha value is -0.580. The Morgan fingerprint density at radius 2 is 2.29 bits per heavy atom. The molecule has 5 heteroatoms. The van der Waals surface area contributed by atoms with Gasteiger partial charge in [0, 0.05) is 12.7 Å². The molecule has 0 saturated carbocycles. The normalized spacial score (nSPS) is 24.4. The summed E-state index contributed by atoms with van der Waals surface area (Å²) in [7, 11) is 0. The van der Waals surface area contributed by atoms with Gasteiger partial charge in [0.05, 0.1) is 29.5 Å². The Morgan fingerprint density at radius 3 is 2.94 bits per heavy atom. The summed E-state index contributed by atoms with van der Waals surface area (Å²) in [6, 6.07) is 0. The first-order chi connectivity index (χ1) is 8.19. The van der Waals surface area contributed by atoms with Crippen LogP contribution in [0.5, 0.6) is 0 Å². The van der Waals surface area contributed by atoms with Gasteiger partial charge in [0.15, 0.2) is 0 Å². The van der Waals surface area contributed by atoms with Crippen molar-refractivity contribution in [2.24, 2.45) is 0 Å². The van der Waals surface area contributed by atoms with Crippen molar-refractivity contribution in [1.29, 1.82) is 0 Å². The number of rotatable bonds is 5. The lowest BCUT2D eigenvalue weighted by atomic mass is 10.2. The number of halogens is 1. The summed E-state index contributed by atoms with van der Waals surface area (Å²) in [5.41, 5.74) is 0.883. The molecule has 0 spiro atoms. The van der Waals surface area contributed by atoms with Crippen LogP contribution < -0.4 is 5.32 Å². The largest absolute Gasteiger partial charge is 0.372 e. The Kier molecular flexibility index (Phi) is 4.42. The monoisotopic (exact) mass is 257 g/mol. The highest BCUT2D eigenvalue weighted by atomic mass is 35.5. The zero-order valence-electron chi connectivity index (χ0n) is 10.4. The van der Waals surface area contributed by atoms with Crippen molar-refractivity contribution >= 4 is 11.6 Å². The smallest absolute Gasteiger partial charge is 0.0814 e. The Morgan fingerprint density at radius 1 is 1.53 bits per heavy atom. The van der Waals surface area contributed by atoms with E-state index < -0.39 is 0 Å². The van der Waals surface area contributed by atoms with Crippen molar-refractivity contribution in [3.05, 3.63) is 16.9 Å². The lowest BCUT2D eigenvalue weighted by molar-refractivity contribution is 0.0344. The molecule has 0 radical (unpaired) electrons. The van der Waals surface area contributed by atoms with E-state index in [9.17, 15) is 0 Å². The highest BCUT2D eigenvalue weighted by Gasteiger charge is 2.25. The third-order valence-corrected chi connectivity index (χ3v) is 3.47. The van der Waals surface area contributed by atoms with Crippen molar-refractivity contribution in [3.63, 3.8) is 0 Å². The number of aryl methyl sites for hydroxylation is 1. The van der Waals surface area contributed by atoms with Crippen LogP contribution in [0.1, 0.15) is 25.5 Å². The van der Waals surface area contributed by atoms with Crippen molar-refractivity contribution in [2.45, 2.75) is 45.4 Å². The van der Waals surface area contributed by atoms with Gasteiger partial charge in [-0.25, -0.2) is 0 Å². The van der Waals surface area contributed by atoms with Gasteiger partial charge in [0.1, 0.15) is 0 Å². The van der Waals surface area contributed by atoms with Crippen molar-refractivity contribution < 1.29 is 4.74 Å². The molecule has 2 rings (SSSR count). The minimum atomic E-state index is 0.272. The molecule has 2 unspecified atom stereocenters. The third kappa shape index (κ3) is 3.44. The first-order valence-electron chi connectivity index (χ1n) is 6.24. The molecule has 1 aromatic rings. The summed E-state index contributed by atoms with van der Waals surface area (Å²) >= 11 is 5.98. The molecular formula is C12H20ClN3O. The predicted molar refractivity (Wildman–Crippen MR) is 68.4 cm³/mol. The van der Waals surface area contributed by atoms with Gasteiger partial charge in [-0.15, -0.1) is 0 Å². The first-order valence-corrected chi connectivity index (χ1v) is 6.62. The first kappa shape index (κ1) is 12.9. The zero-order chi connectivity index (χ0) is 12.3. The topological polar surface area (TPSA) is 39.1 Å². The number of nitrogens with one attached hydrogen (secondary N) is 1. The predicted octanol–water partition coefficient (Wildman–Crippen LogP) is 2.00. The molecule has 17 heavy (non-hydrogen) atoms. The van der Waals surface area contributed by atoms with Gasteiger partial charge < -0.3 is 10.1 Å². The van der Waals surface area contributed by atoms with Gasteiger partial charge in [-0.05, 0) is 26.3 Å². The van der Waals surface area contributed by atoms with Crippen LogP contribution >= 0.6 is 11.6 Å². The molecule has 4 nitrogen and oxygen atoms in total. The van der Waals surface area contributed by atoms with Crippen molar-refractivity contribution in [3.8, 4) is 0 Å². The van der Waals surface area contributed by atoms with Crippen LogP contribution in [0.4, 0.5) is 0 Å². The molecule has 1 aromatic heterocycles. The second-order valence-corrected chi connectivity index (χ2v) is 4.96.